The minimum absolute atomic E-state index is 1.27. The smallest absolute Gasteiger partial charge is 0.169 e. The van der Waals surface area contributed by atoms with Crippen molar-refractivity contribution in [3.05, 3.63) is 85.5 Å². The first-order valence-corrected chi connectivity index (χ1v) is 11.8. The van der Waals surface area contributed by atoms with E-state index in [1.54, 1.807) is 0 Å². The lowest BCUT2D eigenvalue weighted by atomic mass is 10.2. The summed E-state index contributed by atoms with van der Waals surface area (Å²) in [5, 5.41) is 0. The van der Waals surface area contributed by atoms with Gasteiger partial charge in [-0.05, 0) is 36.4 Å². The number of rotatable bonds is 4. The van der Waals surface area contributed by atoms with E-state index >= 15 is 0 Å². The summed E-state index contributed by atoms with van der Waals surface area (Å²) in [6.45, 7) is 0. The zero-order chi connectivity index (χ0) is 19.8. The van der Waals surface area contributed by atoms with Crippen molar-refractivity contribution in [2.75, 3.05) is 0 Å². The van der Waals surface area contributed by atoms with Crippen LogP contribution in [-0.4, -0.2) is 0 Å². The minimum Gasteiger partial charge on any atom is -0.208 e. The number of hydrogen-bond acceptors (Lipinski definition) is 3. The van der Waals surface area contributed by atoms with E-state index in [4.69, 9.17) is 0 Å². The lowest BCUT2D eigenvalue weighted by Gasteiger charge is -1.95. The molecule has 0 aliphatic carbocycles. The van der Waals surface area contributed by atoms with Crippen LogP contribution in [0.5, 0.6) is 0 Å². The Morgan fingerprint density at radius 2 is 0.690 bits per heavy atom. The van der Waals surface area contributed by atoms with Gasteiger partial charge in [-0.15, -0.1) is 34.0 Å². The average molecular weight is 433 g/mol. The van der Waals surface area contributed by atoms with Gasteiger partial charge in [-0.3, -0.25) is 0 Å². The lowest BCUT2D eigenvalue weighted by molar-refractivity contribution is -0.671. The van der Waals surface area contributed by atoms with Crippen LogP contribution in [0.3, 0.4) is 0 Å². The molecule has 5 aromatic rings. The Morgan fingerprint density at radius 1 is 0.414 bits per heavy atom. The Morgan fingerprint density at radius 3 is 1.03 bits per heavy atom. The highest BCUT2D eigenvalue weighted by Gasteiger charge is 2.12. The van der Waals surface area contributed by atoms with Crippen LogP contribution >= 0.6 is 34.0 Å². The molecule has 0 saturated carbocycles. The second kappa shape index (κ2) is 7.67. The standard InChI is InChI=1S/C24H20N2S3/c1-25-13-9-17(10-14-25)19-3-5-21(27-19)23-7-8-24(29-23)22-6-4-20(28-22)18-11-15-26(2)16-12-18/h3-16H,1-2H3/q+2. The number of pyridine rings is 2. The van der Waals surface area contributed by atoms with E-state index in [1.807, 2.05) is 48.1 Å². The van der Waals surface area contributed by atoms with Crippen LogP contribution < -0.4 is 9.13 Å². The van der Waals surface area contributed by atoms with E-state index in [0.29, 0.717) is 0 Å². The highest BCUT2D eigenvalue weighted by atomic mass is 32.1. The van der Waals surface area contributed by atoms with E-state index in [-0.39, 0.29) is 0 Å². The van der Waals surface area contributed by atoms with E-state index in [1.165, 1.54) is 40.4 Å². The Kier molecular flexibility index (Phi) is 4.87. The van der Waals surface area contributed by atoms with E-state index < -0.39 is 0 Å². The molecule has 5 aromatic heterocycles. The van der Waals surface area contributed by atoms with Crippen molar-refractivity contribution in [2.45, 2.75) is 0 Å². The largest absolute Gasteiger partial charge is 0.208 e. The zero-order valence-corrected chi connectivity index (χ0v) is 18.7. The Labute approximate surface area is 182 Å². The maximum Gasteiger partial charge on any atom is 0.169 e. The minimum atomic E-state index is 1.27. The molecular weight excluding hydrogens is 412 g/mol. The molecular formula is C24H20N2S3+2. The number of aryl methyl sites for hydroxylation is 2. The van der Waals surface area contributed by atoms with Crippen molar-refractivity contribution in [3.8, 4) is 40.4 Å². The second-order valence-corrected chi connectivity index (χ2v) is 10.2. The molecule has 142 valence electrons. The molecule has 0 amide bonds. The maximum atomic E-state index is 2.25. The average Bonchev–Trinajstić information content (AvgIpc) is 3.48. The molecule has 0 fully saturated rings. The first kappa shape index (κ1) is 18.4. The SMILES string of the molecule is C[n+]1ccc(-c2ccc(-c3ccc(-c4ccc(-c5cc[n+](C)cc5)s4)s3)s2)cc1. The fourth-order valence-corrected chi connectivity index (χ4v) is 6.39. The van der Waals surface area contributed by atoms with Crippen molar-refractivity contribution in [1.82, 2.24) is 0 Å². The summed E-state index contributed by atoms with van der Waals surface area (Å²) in [7, 11) is 4.09. The van der Waals surface area contributed by atoms with Crippen LogP contribution in [0.4, 0.5) is 0 Å². The van der Waals surface area contributed by atoms with Crippen molar-refractivity contribution in [3.63, 3.8) is 0 Å². The molecule has 0 unspecified atom stereocenters. The van der Waals surface area contributed by atoms with Gasteiger partial charge in [0.1, 0.15) is 14.1 Å². The normalized spacial score (nSPS) is 11.1. The van der Waals surface area contributed by atoms with Gasteiger partial charge in [0, 0.05) is 64.7 Å². The van der Waals surface area contributed by atoms with E-state index in [2.05, 4.69) is 94.6 Å². The molecule has 0 aromatic carbocycles. The van der Waals surface area contributed by atoms with Crippen molar-refractivity contribution in [1.29, 1.82) is 0 Å². The van der Waals surface area contributed by atoms with Gasteiger partial charge in [0.05, 0.1) is 0 Å². The monoisotopic (exact) mass is 432 g/mol. The molecule has 0 spiro atoms. The van der Waals surface area contributed by atoms with Gasteiger partial charge in [0.25, 0.3) is 0 Å². The van der Waals surface area contributed by atoms with Crippen LogP contribution in [-0.2, 0) is 14.1 Å². The van der Waals surface area contributed by atoms with Gasteiger partial charge < -0.3 is 0 Å². The van der Waals surface area contributed by atoms with Gasteiger partial charge in [-0.1, -0.05) is 0 Å². The zero-order valence-electron chi connectivity index (χ0n) is 16.2. The molecule has 2 nitrogen and oxygen atoms in total. The van der Waals surface area contributed by atoms with Crippen LogP contribution in [0.1, 0.15) is 0 Å². The quantitative estimate of drug-likeness (QED) is 0.299. The first-order chi connectivity index (χ1) is 14.2. The molecule has 0 bridgehead atoms. The predicted molar refractivity (Wildman–Crippen MR) is 124 cm³/mol. The van der Waals surface area contributed by atoms with Gasteiger partial charge >= 0.3 is 0 Å². The Hall–Kier alpha value is -2.60. The van der Waals surface area contributed by atoms with Crippen molar-refractivity contribution in [2.24, 2.45) is 14.1 Å². The predicted octanol–water partition coefficient (Wildman–Crippen LogP) is 6.19. The summed E-state index contributed by atoms with van der Waals surface area (Å²) in [5.74, 6) is 0. The molecule has 0 N–H and O–H groups in total. The van der Waals surface area contributed by atoms with Gasteiger partial charge in [-0.2, -0.15) is 0 Å². The fourth-order valence-electron chi connectivity index (χ4n) is 3.18. The third-order valence-corrected chi connectivity index (χ3v) is 8.58. The number of nitrogens with zero attached hydrogens (tertiary/aromatic N) is 2. The highest BCUT2D eigenvalue weighted by molar-refractivity contribution is 7.27. The van der Waals surface area contributed by atoms with Crippen LogP contribution in [0.2, 0.25) is 0 Å². The summed E-state index contributed by atoms with van der Waals surface area (Å²) in [4.78, 5) is 7.95. The molecule has 0 radical (unpaired) electrons. The molecule has 5 heteroatoms. The second-order valence-electron chi connectivity index (χ2n) is 7.00. The van der Waals surface area contributed by atoms with Crippen molar-refractivity contribution < 1.29 is 9.13 Å². The van der Waals surface area contributed by atoms with Crippen LogP contribution in [0.15, 0.2) is 85.5 Å². The molecule has 0 aliphatic heterocycles. The van der Waals surface area contributed by atoms with Gasteiger partial charge in [0.15, 0.2) is 24.8 Å². The molecule has 0 aliphatic rings. The molecule has 0 atom stereocenters. The fraction of sp³-hybridized carbons (Fsp3) is 0.0833. The topological polar surface area (TPSA) is 7.76 Å². The number of hydrogen-bond donors (Lipinski definition) is 0. The van der Waals surface area contributed by atoms with Crippen LogP contribution in [0.25, 0.3) is 40.4 Å². The van der Waals surface area contributed by atoms with Gasteiger partial charge in [-0.25, -0.2) is 9.13 Å². The molecule has 5 heterocycles. The molecule has 29 heavy (non-hydrogen) atoms. The summed E-state index contributed by atoms with van der Waals surface area (Å²) >= 11 is 5.59. The summed E-state index contributed by atoms with van der Waals surface area (Å²) in [5.41, 5.74) is 2.55. The molecule has 5 rings (SSSR count). The lowest BCUT2D eigenvalue weighted by Crippen LogP contribution is -2.25. The summed E-state index contributed by atoms with van der Waals surface area (Å²) in [6, 6.07) is 22.1. The Balaban J connectivity index is 1.40. The van der Waals surface area contributed by atoms with E-state index in [9.17, 15) is 0 Å². The summed E-state index contributed by atoms with van der Waals surface area (Å²) in [6.07, 6.45) is 8.39. The Bertz CT molecular complexity index is 1160. The third kappa shape index (κ3) is 3.81. The van der Waals surface area contributed by atoms with Crippen LogP contribution in [0, 0.1) is 0 Å². The first-order valence-electron chi connectivity index (χ1n) is 9.37. The number of aromatic nitrogens is 2. The van der Waals surface area contributed by atoms with Crippen molar-refractivity contribution >= 4 is 34.0 Å². The molecule has 0 saturated heterocycles. The van der Waals surface area contributed by atoms with E-state index in [0.717, 1.165) is 0 Å². The summed E-state index contributed by atoms with van der Waals surface area (Å²) < 4.78 is 4.13. The van der Waals surface area contributed by atoms with Gasteiger partial charge in [0.2, 0.25) is 0 Å². The highest BCUT2D eigenvalue weighted by Crippen LogP contribution is 2.42. The number of thiophene rings is 3. The third-order valence-electron chi connectivity index (χ3n) is 4.83. The maximum absolute atomic E-state index is 2.25.